The first-order valence-corrected chi connectivity index (χ1v) is 13.4. The zero-order chi connectivity index (χ0) is 26.4. The summed E-state index contributed by atoms with van der Waals surface area (Å²) in [6.07, 6.45) is -0.0827. The van der Waals surface area contributed by atoms with Gasteiger partial charge in [-0.05, 0) is 42.8 Å². The maximum Gasteiger partial charge on any atom is 0.253 e. The average Bonchev–Trinajstić information content (AvgIpc) is 3.16. The highest BCUT2D eigenvalue weighted by Crippen LogP contribution is 2.31. The van der Waals surface area contributed by atoms with Gasteiger partial charge < -0.3 is 10.1 Å². The Morgan fingerprint density at radius 1 is 1.19 bits per heavy atom. The summed E-state index contributed by atoms with van der Waals surface area (Å²) in [5.74, 6) is -0.724. The van der Waals surface area contributed by atoms with E-state index in [4.69, 9.17) is 9.84 Å². The molecule has 0 spiro atoms. The predicted octanol–water partition coefficient (Wildman–Crippen LogP) is 3.90. The summed E-state index contributed by atoms with van der Waals surface area (Å²) < 4.78 is 56.9. The van der Waals surface area contributed by atoms with Gasteiger partial charge in [0.1, 0.15) is 22.8 Å². The summed E-state index contributed by atoms with van der Waals surface area (Å²) in [6.45, 7) is 3.24. The second kappa shape index (κ2) is 9.22. The molecule has 11 heteroatoms. The zero-order valence-corrected chi connectivity index (χ0v) is 20.9. The molecule has 5 rings (SSSR count). The summed E-state index contributed by atoms with van der Waals surface area (Å²) in [4.78, 5) is 17.5. The van der Waals surface area contributed by atoms with Crippen LogP contribution in [-0.2, 0) is 16.4 Å². The van der Waals surface area contributed by atoms with Crippen molar-refractivity contribution in [1.82, 2.24) is 20.1 Å². The standard InChI is InChI=1S/C26H24F2N4O4S/c1-16(27)36-21-5-3-4-18(10-21)23-24-22(32(31-23)13-17-6-8-20(28)9-7-17)11-19(12-29-24)25(33)30-26(2)14-37(34,35)15-26/h3-12,16H,13-15H2,1-2H3,(H,30,33). The van der Waals surface area contributed by atoms with E-state index in [0.717, 1.165) is 5.56 Å². The molecule has 1 aliphatic heterocycles. The topological polar surface area (TPSA) is 103 Å². The zero-order valence-electron chi connectivity index (χ0n) is 20.1. The highest BCUT2D eigenvalue weighted by atomic mass is 32.2. The molecule has 1 fully saturated rings. The van der Waals surface area contributed by atoms with Crippen molar-refractivity contribution in [3.8, 4) is 17.0 Å². The SMILES string of the molecule is CC(F)Oc1cccc(-c2nn(Cc3ccc(F)cc3)c3cc(C(=O)NC4(C)CS(=O)(=O)C4)cnc23)c1. The van der Waals surface area contributed by atoms with Crippen molar-refractivity contribution in [3.05, 3.63) is 77.7 Å². The van der Waals surface area contributed by atoms with Crippen molar-refractivity contribution < 1.29 is 26.7 Å². The number of aromatic nitrogens is 3. The number of hydrogen-bond acceptors (Lipinski definition) is 6. The predicted molar refractivity (Wildman–Crippen MR) is 134 cm³/mol. The fourth-order valence-corrected chi connectivity index (χ4v) is 6.51. The number of halogens is 2. The Morgan fingerprint density at radius 3 is 2.59 bits per heavy atom. The van der Waals surface area contributed by atoms with Crippen LogP contribution in [0.1, 0.15) is 29.8 Å². The Balaban J connectivity index is 1.55. The fourth-order valence-electron chi connectivity index (χ4n) is 4.51. The van der Waals surface area contributed by atoms with E-state index in [-0.39, 0.29) is 29.4 Å². The molecule has 0 radical (unpaired) electrons. The summed E-state index contributed by atoms with van der Waals surface area (Å²) in [6, 6.07) is 14.4. The van der Waals surface area contributed by atoms with Gasteiger partial charge in [-0.15, -0.1) is 0 Å². The minimum absolute atomic E-state index is 0.121. The number of nitrogens with one attached hydrogen (secondary N) is 1. The van der Waals surface area contributed by atoms with Gasteiger partial charge in [-0.3, -0.25) is 14.5 Å². The number of rotatable bonds is 7. The summed E-state index contributed by atoms with van der Waals surface area (Å²) in [7, 11) is -3.14. The highest BCUT2D eigenvalue weighted by molar-refractivity contribution is 7.93. The lowest BCUT2D eigenvalue weighted by molar-refractivity contribution is 0.0860. The number of alkyl halides is 1. The Bertz CT molecular complexity index is 1590. The molecule has 1 amide bonds. The summed E-state index contributed by atoms with van der Waals surface area (Å²) >= 11 is 0. The van der Waals surface area contributed by atoms with E-state index in [1.165, 1.54) is 25.3 Å². The number of carbonyl (C=O) groups is 1. The van der Waals surface area contributed by atoms with Crippen LogP contribution in [0.25, 0.3) is 22.3 Å². The molecule has 1 saturated heterocycles. The van der Waals surface area contributed by atoms with Gasteiger partial charge in [-0.2, -0.15) is 5.10 Å². The summed E-state index contributed by atoms with van der Waals surface area (Å²) in [5, 5.41) is 7.51. The van der Waals surface area contributed by atoms with Crippen LogP contribution in [0.4, 0.5) is 8.78 Å². The Kier molecular flexibility index (Phi) is 6.18. The van der Waals surface area contributed by atoms with Crippen molar-refractivity contribution in [1.29, 1.82) is 0 Å². The number of pyridine rings is 1. The van der Waals surface area contributed by atoms with E-state index < -0.39 is 27.6 Å². The minimum Gasteiger partial charge on any atom is -0.461 e. The first kappa shape index (κ1) is 24.8. The number of ether oxygens (including phenoxy) is 1. The second-order valence-corrected chi connectivity index (χ2v) is 11.5. The number of carbonyl (C=O) groups excluding carboxylic acids is 1. The average molecular weight is 527 g/mol. The van der Waals surface area contributed by atoms with Crippen LogP contribution >= 0.6 is 0 Å². The van der Waals surface area contributed by atoms with Crippen LogP contribution in [0.5, 0.6) is 5.75 Å². The van der Waals surface area contributed by atoms with Crippen LogP contribution in [0.3, 0.4) is 0 Å². The molecular formula is C26H24F2N4O4S. The van der Waals surface area contributed by atoms with E-state index in [0.29, 0.717) is 28.0 Å². The quantitative estimate of drug-likeness (QED) is 0.392. The number of fused-ring (bicyclic) bond motifs is 1. The monoisotopic (exact) mass is 526 g/mol. The second-order valence-electron chi connectivity index (χ2n) is 9.46. The number of nitrogens with zero attached hydrogens (tertiary/aromatic N) is 3. The van der Waals surface area contributed by atoms with Crippen molar-refractivity contribution in [2.24, 2.45) is 0 Å². The van der Waals surface area contributed by atoms with E-state index >= 15 is 0 Å². The molecule has 2 aromatic heterocycles. The Morgan fingerprint density at radius 2 is 1.92 bits per heavy atom. The Labute approximate surface area is 212 Å². The van der Waals surface area contributed by atoms with Gasteiger partial charge in [-0.1, -0.05) is 24.3 Å². The van der Waals surface area contributed by atoms with Gasteiger partial charge in [0, 0.05) is 18.7 Å². The van der Waals surface area contributed by atoms with E-state index in [2.05, 4.69) is 10.3 Å². The molecule has 1 atom stereocenters. The van der Waals surface area contributed by atoms with Gasteiger partial charge in [0.25, 0.3) is 5.91 Å². The lowest BCUT2D eigenvalue weighted by Gasteiger charge is -2.38. The molecular weight excluding hydrogens is 502 g/mol. The molecule has 4 aromatic rings. The molecule has 1 aliphatic rings. The van der Waals surface area contributed by atoms with Crippen LogP contribution < -0.4 is 10.1 Å². The lowest BCUT2D eigenvalue weighted by Crippen LogP contribution is -2.63. The first-order valence-electron chi connectivity index (χ1n) is 11.6. The van der Waals surface area contributed by atoms with Gasteiger partial charge in [0.15, 0.2) is 9.84 Å². The van der Waals surface area contributed by atoms with Gasteiger partial charge >= 0.3 is 0 Å². The van der Waals surface area contributed by atoms with Crippen LogP contribution in [-0.4, -0.2) is 52.5 Å². The molecule has 0 bridgehead atoms. The normalized spacial score (nSPS) is 16.6. The van der Waals surface area contributed by atoms with Crippen molar-refractivity contribution in [2.45, 2.75) is 32.3 Å². The molecule has 3 heterocycles. The smallest absolute Gasteiger partial charge is 0.253 e. The highest BCUT2D eigenvalue weighted by Gasteiger charge is 2.45. The molecule has 1 unspecified atom stereocenters. The maximum atomic E-state index is 13.4. The third kappa shape index (κ3) is 5.31. The van der Waals surface area contributed by atoms with Gasteiger partial charge in [-0.25, -0.2) is 17.2 Å². The van der Waals surface area contributed by atoms with Gasteiger partial charge in [0.05, 0.1) is 34.7 Å². The molecule has 1 N–H and O–H groups in total. The molecule has 37 heavy (non-hydrogen) atoms. The number of amides is 1. The van der Waals surface area contributed by atoms with Crippen LogP contribution in [0.15, 0.2) is 60.8 Å². The van der Waals surface area contributed by atoms with Crippen LogP contribution in [0, 0.1) is 5.82 Å². The van der Waals surface area contributed by atoms with Gasteiger partial charge in [0.2, 0.25) is 6.36 Å². The summed E-state index contributed by atoms with van der Waals surface area (Å²) in [5.41, 5.74) is 2.37. The number of hydrogen-bond donors (Lipinski definition) is 1. The third-order valence-corrected chi connectivity index (χ3v) is 8.15. The molecule has 192 valence electrons. The van der Waals surface area contributed by atoms with E-state index in [9.17, 15) is 22.0 Å². The van der Waals surface area contributed by atoms with Crippen molar-refractivity contribution in [3.63, 3.8) is 0 Å². The largest absolute Gasteiger partial charge is 0.461 e. The van der Waals surface area contributed by atoms with Crippen LogP contribution in [0.2, 0.25) is 0 Å². The fraction of sp³-hybridized carbons (Fsp3) is 0.269. The van der Waals surface area contributed by atoms with Crippen molar-refractivity contribution in [2.75, 3.05) is 11.5 Å². The lowest BCUT2D eigenvalue weighted by atomic mass is 10.1. The third-order valence-electron chi connectivity index (χ3n) is 6.00. The Hall–Kier alpha value is -3.86. The number of sulfone groups is 1. The number of benzene rings is 2. The molecule has 8 nitrogen and oxygen atoms in total. The van der Waals surface area contributed by atoms with E-state index in [1.54, 1.807) is 54.1 Å². The maximum absolute atomic E-state index is 13.4. The molecule has 0 saturated carbocycles. The van der Waals surface area contributed by atoms with E-state index in [1.807, 2.05) is 0 Å². The molecule has 0 aliphatic carbocycles. The van der Waals surface area contributed by atoms with Crippen molar-refractivity contribution >= 4 is 26.8 Å². The minimum atomic E-state index is -3.14. The molecule has 2 aromatic carbocycles. The first-order chi connectivity index (χ1) is 17.5.